The monoisotopic (exact) mass is 235 g/mol. The molecule has 0 aromatic heterocycles. The smallest absolute Gasteiger partial charge is 0.122 e. The molecule has 1 aliphatic carbocycles. The Labute approximate surface area is 103 Å². The van der Waals surface area contributed by atoms with Crippen molar-refractivity contribution in [2.75, 3.05) is 13.7 Å². The normalized spacial score (nSPS) is 28.3. The number of para-hydroxylation sites is 1. The molecule has 0 saturated heterocycles. The van der Waals surface area contributed by atoms with E-state index in [0.717, 1.165) is 37.0 Å². The van der Waals surface area contributed by atoms with Gasteiger partial charge in [0, 0.05) is 12.0 Å². The molecular formula is C14H21NO2. The molecule has 3 nitrogen and oxygen atoms in total. The lowest BCUT2D eigenvalue weighted by atomic mass is 9.78. The first-order valence-electron chi connectivity index (χ1n) is 6.22. The predicted molar refractivity (Wildman–Crippen MR) is 68.0 cm³/mol. The topological polar surface area (TPSA) is 55.5 Å². The van der Waals surface area contributed by atoms with E-state index in [1.165, 1.54) is 0 Å². The maximum Gasteiger partial charge on any atom is 0.122 e. The summed E-state index contributed by atoms with van der Waals surface area (Å²) in [6, 6.07) is 7.98. The van der Waals surface area contributed by atoms with E-state index < -0.39 is 0 Å². The standard InChI is InChI=1S/C14H21NO2/c1-17-12-6-3-2-5-11(12)9-14(10-15)8-4-7-13(14)16/h2-3,5-6,13,16H,4,7-10,15H2,1H3. The van der Waals surface area contributed by atoms with Gasteiger partial charge in [0.15, 0.2) is 0 Å². The number of rotatable bonds is 4. The van der Waals surface area contributed by atoms with E-state index in [4.69, 9.17) is 10.5 Å². The van der Waals surface area contributed by atoms with Crippen LogP contribution in [-0.4, -0.2) is 24.9 Å². The van der Waals surface area contributed by atoms with Crippen molar-refractivity contribution in [1.29, 1.82) is 0 Å². The van der Waals surface area contributed by atoms with Crippen LogP contribution in [0.1, 0.15) is 24.8 Å². The molecule has 0 bridgehead atoms. The molecular weight excluding hydrogens is 214 g/mol. The summed E-state index contributed by atoms with van der Waals surface area (Å²) >= 11 is 0. The molecule has 3 heteroatoms. The molecule has 94 valence electrons. The van der Waals surface area contributed by atoms with Crippen molar-refractivity contribution in [3.63, 3.8) is 0 Å². The molecule has 1 saturated carbocycles. The number of hydrogen-bond donors (Lipinski definition) is 2. The molecule has 0 radical (unpaired) electrons. The molecule has 2 unspecified atom stereocenters. The van der Waals surface area contributed by atoms with Gasteiger partial charge in [0.25, 0.3) is 0 Å². The highest BCUT2D eigenvalue weighted by molar-refractivity contribution is 5.34. The first-order chi connectivity index (χ1) is 8.22. The van der Waals surface area contributed by atoms with Crippen LogP contribution in [0.5, 0.6) is 5.75 Å². The van der Waals surface area contributed by atoms with Crippen molar-refractivity contribution in [2.45, 2.75) is 31.8 Å². The second-order valence-electron chi connectivity index (χ2n) is 4.96. The van der Waals surface area contributed by atoms with Crippen molar-refractivity contribution in [3.8, 4) is 5.75 Å². The van der Waals surface area contributed by atoms with Crippen molar-refractivity contribution in [2.24, 2.45) is 11.1 Å². The Hall–Kier alpha value is -1.06. The molecule has 17 heavy (non-hydrogen) atoms. The highest BCUT2D eigenvalue weighted by atomic mass is 16.5. The van der Waals surface area contributed by atoms with Gasteiger partial charge in [-0.1, -0.05) is 24.6 Å². The molecule has 3 N–H and O–H groups in total. The van der Waals surface area contributed by atoms with Crippen LogP contribution < -0.4 is 10.5 Å². The maximum absolute atomic E-state index is 10.1. The third-order valence-corrected chi connectivity index (χ3v) is 4.00. The zero-order chi connectivity index (χ0) is 12.3. The van der Waals surface area contributed by atoms with Gasteiger partial charge >= 0.3 is 0 Å². The van der Waals surface area contributed by atoms with Crippen LogP contribution in [0.25, 0.3) is 0 Å². The van der Waals surface area contributed by atoms with Crippen molar-refractivity contribution >= 4 is 0 Å². The summed E-state index contributed by atoms with van der Waals surface area (Å²) in [7, 11) is 1.68. The highest BCUT2D eigenvalue weighted by Crippen LogP contribution is 2.41. The summed E-state index contributed by atoms with van der Waals surface area (Å²) in [4.78, 5) is 0. The van der Waals surface area contributed by atoms with E-state index in [9.17, 15) is 5.11 Å². The molecule has 0 aliphatic heterocycles. The fourth-order valence-electron chi connectivity index (χ4n) is 2.87. The molecule has 2 rings (SSSR count). The van der Waals surface area contributed by atoms with E-state index in [1.54, 1.807) is 7.11 Å². The van der Waals surface area contributed by atoms with Crippen LogP contribution >= 0.6 is 0 Å². The zero-order valence-corrected chi connectivity index (χ0v) is 10.4. The molecule has 2 atom stereocenters. The Kier molecular flexibility index (Phi) is 3.69. The van der Waals surface area contributed by atoms with E-state index >= 15 is 0 Å². The molecule has 1 aromatic carbocycles. The van der Waals surface area contributed by atoms with Gasteiger partial charge in [-0.3, -0.25) is 0 Å². The summed E-state index contributed by atoms with van der Waals surface area (Å²) in [5, 5.41) is 10.1. The van der Waals surface area contributed by atoms with Gasteiger partial charge in [0.2, 0.25) is 0 Å². The minimum Gasteiger partial charge on any atom is -0.496 e. The van der Waals surface area contributed by atoms with Gasteiger partial charge in [-0.2, -0.15) is 0 Å². The summed E-state index contributed by atoms with van der Waals surface area (Å²) in [6.45, 7) is 0.534. The highest BCUT2D eigenvalue weighted by Gasteiger charge is 2.41. The van der Waals surface area contributed by atoms with Crippen LogP contribution in [0, 0.1) is 5.41 Å². The number of benzene rings is 1. The Morgan fingerprint density at radius 1 is 1.47 bits per heavy atom. The number of aliphatic hydroxyl groups is 1. The number of ether oxygens (including phenoxy) is 1. The first kappa shape index (κ1) is 12.4. The Morgan fingerprint density at radius 3 is 2.82 bits per heavy atom. The van der Waals surface area contributed by atoms with Gasteiger partial charge < -0.3 is 15.6 Å². The van der Waals surface area contributed by atoms with Crippen molar-refractivity contribution in [3.05, 3.63) is 29.8 Å². The maximum atomic E-state index is 10.1. The molecule has 0 amide bonds. The average molecular weight is 235 g/mol. The molecule has 1 aromatic rings. The summed E-state index contributed by atoms with van der Waals surface area (Å²) in [6.07, 6.45) is 3.45. The number of hydrogen-bond acceptors (Lipinski definition) is 3. The Balaban J connectivity index is 2.24. The average Bonchev–Trinajstić information content (AvgIpc) is 2.72. The minimum atomic E-state index is -0.280. The van der Waals surface area contributed by atoms with Crippen molar-refractivity contribution < 1.29 is 9.84 Å². The Bertz CT molecular complexity index is 380. The molecule has 1 fully saturated rings. The van der Waals surface area contributed by atoms with Crippen LogP contribution in [0.4, 0.5) is 0 Å². The lowest BCUT2D eigenvalue weighted by Crippen LogP contribution is -2.39. The van der Waals surface area contributed by atoms with E-state index in [2.05, 4.69) is 6.07 Å². The Morgan fingerprint density at radius 2 is 2.24 bits per heavy atom. The lowest BCUT2D eigenvalue weighted by Gasteiger charge is -2.31. The van der Waals surface area contributed by atoms with Gasteiger partial charge in [0.05, 0.1) is 13.2 Å². The summed E-state index contributed by atoms with van der Waals surface area (Å²) in [5.41, 5.74) is 6.88. The van der Waals surface area contributed by atoms with Gasteiger partial charge in [-0.15, -0.1) is 0 Å². The van der Waals surface area contributed by atoms with Crippen LogP contribution in [-0.2, 0) is 6.42 Å². The molecule has 1 aliphatic rings. The van der Waals surface area contributed by atoms with E-state index in [0.29, 0.717) is 6.54 Å². The third-order valence-electron chi connectivity index (χ3n) is 4.00. The predicted octanol–water partition coefficient (Wildman–Crippen LogP) is 1.73. The number of nitrogens with two attached hydrogens (primary N) is 1. The molecule has 0 spiro atoms. The summed E-state index contributed by atoms with van der Waals surface area (Å²) in [5.74, 6) is 0.888. The van der Waals surface area contributed by atoms with Crippen LogP contribution in [0.15, 0.2) is 24.3 Å². The summed E-state index contributed by atoms with van der Waals surface area (Å²) < 4.78 is 5.36. The lowest BCUT2D eigenvalue weighted by molar-refractivity contribution is 0.0584. The van der Waals surface area contributed by atoms with Crippen LogP contribution in [0.3, 0.4) is 0 Å². The van der Waals surface area contributed by atoms with Gasteiger partial charge in [-0.05, 0) is 30.9 Å². The quantitative estimate of drug-likeness (QED) is 0.835. The van der Waals surface area contributed by atoms with E-state index in [-0.39, 0.29) is 11.5 Å². The fraction of sp³-hybridized carbons (Fsp3) is 0.571. The largest absolute Gasteiger partial charge is 0.496 e. The SMILES string of the molecule is COc1ccccc1CC1(CN)CCCC1O. The number of aliphatic hydroxyl groups excluding tert-OH is 1. The number of methoxy groups -OCH3 is 1. The molecule has 0 heterocycles. The van der Waals surface area contributed by atoms with E-state index in [1.807, 2.05) is 18.2 Å². The second-order valence-corrected chi connectivity index (χ2v) is 4.96. The first-order valence-corrected chi connectivity index (χ1v) is 6.22. The minimum absolute atomic E-state index is 0.158. The van der Waals surface area contributed by atoms with Gasteiger partial charge in [0.1, 0.15) is 5.75 Å². The van der Waals surface area contributed by atoms with Crippen molar-refractivity contribution in [1.82, 2.24) is 0 Å². The second kappa shape index (κ2) is 5.07. The van der Waals surface area contributed by atoms with Gasteiger partial charge in [-0.25, -0.2) is 0 Å². The third kappa shape index (κ3) is 2.31. The fourth-order valence-corrected chi connectivity index (χ4v) is 2.87. The zero-order valence-electron chi connectivity index (χ0n) is 10.4. The van der Waals surface area contributed by atoms with Crippen LogP contribution in [0.2, 0.25) is 0 Å².